The van der Waals surface area contributed by atoms with Crippen molar-refractivity contribution in [3.63, 3.8) is 0 Å². The van der Waals surface area contributed by atoms with E-state index >= 15 is 0 Å². The largest absolute Gasteiger partial charge is 0.505 e. The Morgan fingerprint density at radius 2 is 1.56 bits per heavy atom. The summed E-state index contributed by atoms with van der Waals surface area (Å²) in [4.78, 5) is 10.0. The molecule has 1 rings (SSSR count). The Kier molecular flexibility index (Phi) is 11.1. The third-order valence-electron chi connectivity index (χ3n) is 0.385. The molecule has 0 amide bonds. The van der Waals surface area contributed by atoms with E-state index in [0.717, 1.165) is 0 Å². The monoisotopic (exact) mass is 291 g/mol. The van der Waals surface area contributed by atoms with Crippen molar-refractivity contribution in [1.29, 1.82) is 0 Å². The number of halogens is 1. The van der Waals surface area contributed by atoms with Gasteiger partial charge in [0.25, 0.3) is 0 Å². The number of hydrogen-bond donors (Lipinski definition) is 0. The van der Waals surface area contributed by atoms with Gasteiger partial charge < -0.3 is 15.0 Å². The number of nitrogens with zero attached hydrogens (tertiary/aromatic N) is 3. The second kappa shape index (κ2) is 7.61. The number of rotatable bonds is 0. The molecule has 2 radical (unpaired) electrons. The molecule has 0 aliphatic rings. The first-order valence-corrected chi connectivity index (χ1v) is 1.91. The molecule has 0 bridgehead atoms. The van der Waals surface area contributed by atoms with Gasteiger partial charge in [-0.2, -0.15) is 12.7 Å². The van der Waals surface area contributed by atoms with Gasteiger partial charge >= 0.3 is 0 Å². The minimum atomic E-state index is 0. The maximum atomic E-state index is 5.21. The molecule has 1 heterocycles. The molecular formula is C3ClN3Y2-2. The molecule has 0 saturated carbocycles. The van der Waals surface area contributed by atoms with Crippen LogP contribution in [0.3, 0.4) is 0 Å². The molecule has 0 spiro atoms. The molecule has 0 N–H and O–H groups in total. The van der Waals surface area contributed by atoms with Crippen LogP contribution in [0.5, 0.6) is 0 Å². The minimum absolute atomic E-state index is 0. The zero-order valence-electron chi connectivity index (χ0n) is 4.37. The molecule has 0 atom stereocenters. The van der Waals surface area contributed by atoms with Crippen molar-refractivity contribution in [2.24, 2.45) is 0 Å². The van der Waals surface area contributed by atoms with E-state index in [1.54, 1.807) is 0 Å². The van der Waals surface area contributed by atoms with Gasteiger partial charge in [-0.15, -0.1) is 0 Å². The SMILES string of the molecule is Clc1n[c-]n[c-]n1.[Y].[Y]. The summed E-state index contributed by atoms with van der Waals surface area (Å²) in [5.74, 6) is 0. The Morgan fingerprint density at radius 3 is 1.78 bits per heavy atom. The molecule has 3 nitrogen and oxygen atoms in total. The Labute approximate surface area is 108 Å². The van der Waals surface area contributed by atoms with E-state index in [-0.39, 0.29) is 70.7 Å². The fourth-order valence-corrected chi connectivity index (χ4v) is 0.255. The zero-order chi connectivity index (χ0) is 5.11. The molecule has 9 heavy (non-hydrogen) atoms. The Bertz CT molecular complexity index is 147. The molecule has 0 fully saturated rings. The maximum absolute atomic E-state index is 5.21. The standard InChI is InChI=1S/C3ClN3.2Y/c4-3-6-1-5-2-7-3;;/q-2;;. The normalized spacial score (nSPS) is 6.78. The topological polar surface area (TPSA) is 38.7 Å². The quantitative estimate of drug-likeness (QED) is 0.637. The van der Waals surface area contributed by atoms with Gasteiger partial charge in [-0.05, 0) is 5.28 Å². The van der Waals surface area contributed by atoms with Crippen molar-refractivity contribution in [3.8, 4) is 0 Å². The molecule has 1 aromatic rings. The van der Waals surface area contributed by atoms with Crippen LogP contribution in [-0.4, -0.2) is 15.0 Å². The van der Waals surface area contributed by atoms with E-state index in [9.17, 15) is 0 Å². The van der Waals surface area contributed by atoms with Crippen molar-refractivity contribution in [2.75, 3.05) is 0 Å². The summed E-state index contributed by atoms with van der Waals surface area (Å²) in [6.45, 7) is 0. The summed E-state index contributed by atoms with van der Waals surface area (Å²) >= 11 is 5.21. The van der Waals surface area contributed by atoms with Crippen LogP contribution in [0.2, 0.25) is 5.28 Å². The Hall–Kier alpha value is 1.51. The van der Waals surface area contributed by atoms with Crippen LogP contribution >= 0.6 is 11.6 Å². The van der Waals surface area contributed by atoms with Crippen molar-refractivity contribution in [3.05, 3.63) is 17.9 Å². The summed E-state index contributed by atoms with van der Waals surface area (Å²) in [7, 11) is 0. The average Bonchev–Trinajstić information content (AvgIpc) is 1.69. The first kappa shape index (κ1) is 13.1. The van der Waals surface area contributed by atoms with Crippen molar-refractivity contribution in [1.82, 2.24) is 15.0 Å². The van der Waals surface area contributed by atoms with Crippen molar-refractivity contribution < 1.29 is 65.4 Å². The van der Waals surface area contributed by atoms with Gasteiger partial charge in [0.2, 0.25) is 0 Å². The number of hydrogen-bond acceptors (Lipinski definition) is 3. The smallest absolute Gasteiger partial charge is 0 e. The first-order chi connectivity index (χ1) is 3.39. The predicted molar refractivity (Wildman–Crippen MR) is 22.5 cm³/mol. The van der Waals surface area contributed by atoms with E-state index < -0.39 is 0 Å². The van der Waals surface area contributed by atoms with E-state index in [1.165, 1.54) is 0 Å². The fourth-order valence-electron chi connectivity index (χ4n) is 0.180. The molecule has 42 valence electrons. The first-order valence-electron chi connectivity index (χ1n) is 1.53. The zero-order valence-corrected chi connectivity index (χ0v) is 10.8. The van der Waals surface area contributed by atoms with Gasteiger partial charge in [-0.25, -0.2) is 11.6 Å². The predicted octanol–water partition coefficient (Wildman–Crippen LogP) is 0.120. The van der Waals surface area contributed by atoms with Gasteiger partial charge in [0.05, 0.1) is 0 Å². The Morgan fingerprint density at radius 1 is 1.11 bits per heavy atom. The molecule has 1 aromatic heterocycles. The summed E-state index contributed by atoms with van der Waals surface area (Å²) in [6, 6.07) is 0. The second-order valence-electron chi connectivity index (χ2n) is 0.804. The molecule has 0 saturated heterocycles. The van der Waals surface area contributed by atoms with Crippen LogP contribution in [0.25, 0.3) is 0 Å². The molecular weight excluding hydrogens is 291 g/mol. The summed E-state index contributed by atoms with van der Waals surface area (Å²) < 4.78 is 0. The van der Waals surface area contributed by atoms with E-state index in [0.29, 0.717) is 0 Å². The molecule has 0 aliphatic heterocycles. The van der Waals surface area contributed by atoms with E-state index in [2.05, 4.69) is 27.6 Å². The van der Waals surface area contributed by atoms with Crippen molar-refractivity contribution >= 4 is 11.6 Å². The van der Waals surface area contributed by atoms with Crippen LogP contribution in [0, 0.1) is 12.7 Å². The fraction of sp³-hybridized carbons (Fsp3) is 0. The van der Waals surface area contributed by atoms with E-state index in [1.807, 2.05) is 0 Å². The van der Waals surface area contributed by atoms with Gasteiger partial charge in [-0.3, -0.25) is 0 Å². The van der Waals surface area contributed by atoms with Crippen LogP contribution in [0.4, 0.5) is 0 Å². The minimum Gasteiger partial charge on any atom is -0.505 e. The number of aromatic nitrogens is 3. The molecule has 6 heteroatoms. The molecule has 0 aliphatic carbocycles. The van der Waals surface area contributed by atoms with Crippen LogP contribution in [0.1, 0.15) is 0 Å². The maximum Gasteiger partial charge on any atom is 0 e. The van der Waals surface area contributed by atoms with Crippen LogP contribution in [0.15, 0.2) is 0 Å². The van der Waals surface area contributed by atoms with Gasteiger partial charge in [0.15, 0.2) is 0 Å². The third-order valence-corrected chi connectivity index (χ3v) is 0.554. The van der Waals surface area contributed by atoms with Crippen molar-refractivity contribution in [2.45, 2.75) is 0 Å². The average molecular weight is 291 g/mol. The van der Waals surface area contributed by atoms with Gasteiger partial charge in [0.1, 0.15) is 0 Å². The van der Waals surface area contributed by atoms with Crippen LogP contribution in [-0.2, 0) is 65.4 Å². The molecule has 0 unspecified atom stereocenters. The van der Waals surface area contributed by atoms with Gasteiger partial charge in [0, 0.05) is 65.4 Å². The summed E-state index contributed by atoms with van der Waals surface area (Å²) in [5, 5.41) is 0.120. The summed E-state index contributed by atoms with van der Waals surface area (Å²) in [5.41, 5.74) is 0. The summed E-state index contributed by atoms with van der Waals surface area (Å²) in [6.07, 6.45) is 4.42. The van der Waals surface area contributed by atoms with Gasteiger partial charge in [-0.1, -0.05) is 0 Å². The second-order valence-corrected chi connectivity index (χ2v) is 1.14. The van der Waals surface area contributed by atoms with Crippen LogP contribution < -0.4 is 0 Å². The third kappa shape index (κ3) is 5.93. The van der Waals surface area contributed by atoms with E-state index in [4.69, 9.17) is 11.6 Å². The Balaban J connectivity index is 0. The molecule has 0 aromatic carbocycles.